The number of aliphatic hydroxyl groups excluding tert-OH is 1. The number of rotatable bonds is 2. The van der Waals surface area contributed by atoms with E-state index >= 15 is 0 Å². The van der Waals surface area contributed by atoms with E-state index in [1.165, 1.54) is 20.4 Å². The Labute approximate surface area is 42.5 Å². The second-order valence-corrected chi connectivity index (χ2v) is 1.33. The summed E-state index contributed by atoms with van der Waals surface area (Å²) < 4.78 is 0. The summed E-state index contributed by atoms with van der Waals surface area (Å²) in [5.74, 6) is 0. The van der Waals surface area contributed by atoms with Crippen molar-refractivity contribution < 1.29 is 9.90 Å². The molecule has 0 rings (SSSR count). The molecule has 0 aromatic heterocycles. The summed E-state index contributed by atoms with van der Waals surface area (Å²) >= 11 is 0. The minimum atomic E-state index is -0.725. The highest BCUT2D eigenvalue weighted by molar-refractivity contribution is 5.47. The summed E-state index contributed by atoms with van der Waals surface area (Å²) in [6.07, 6.45) is 0.773. The highest BCUT2D eigenvalue weighted by Crippen LogP contribution is 1.81. The zero-order chi connectivity index (χ0) is 5.86. The first-order valence-electron chi connectivity index (χ1n) is 1.97. The van der Waals surface area contributed by atoms with Gasteiger partial charge in [0, 0.05) is 7.05 Å². The summed E-state index contributed by atoms with van der Waals surface area (Å²) in [7, 11) is 1.46. The topological polar surface area (TPSA) is 40.5 Å². The third-order valence-electron chi connectivity index (χ3n) is 0.704. The maximum Gasteiger partial charge on any atom is 0.313 e. The number of hydrogen-bond donors (Lipinski definition) is 1. The zero-order valence-corrected chi connectivity index (χ0v) is 4.38. The Kier molecular flexibility index (Phi) is 2.37. The average Bonchev–Trinajstić information content (AvgIpc) is 1.65. The van der Waals surface area contributed by atoms with E-state index in [9.17, 15) is 4.79 Å². The van der Waals surface area contributed by atoms with Gasteiger partial charge in [0.1, 0.15) is 6.23 Å². The molecule has 0 aromatic rings. The fourth-order valence-corrected chi connectivity index (χ4v) is 0.0763. The van der Waals surface area contributed by atoms with Crippen LogP contribution >= 0.6 is 0 Å². The van der Waals surface area contributed by atoms with E-state index < -0.39 is 6.23 Å². The van der Waals surface area contributed by atoms with Gasteiger partial charge in [-0.2, -0.15) is 0 Å². The molecule has 41 valence electrons. The van der Waals surface area contributed by atoms with Gasteiger partial charge in [-0.1, -0.05) is 0 Å². The van der Waals surface area contributed by atoms with Crippen LogP contribution in [0.2, 0.25) is 0 Å². The molecule has 3 heteroatoms. The van der Waals surface area contributed by atoms with E-state index in [0.717, 1.165) is 4.90 Å². The van der Waals surface area contributed by atoms with Crippen LogP contribution in [0.4, 0.5) is 0 Å². The van der Waals surface area contributed by atoms with Gasteiger partial charge in [0.05, 0.1) is 0 Å². The Morgan fingerprint density at radius 2 is 2.29 bits per heavy atom. The molecule has 0 spiro atoms. The van der Waals surface area contributed by atoms with Crippen LogP contribution in [0.1, 0.15) is 6.92 Å². The first kappa shape index (κ1) is 6.43. The summed E-state index contributed by atoms with van der Waals surface area (Å²) in [6.45, 7) is 1.49. The van der Waals surface area contributed by atoms with Crippen LogP contribution < -0.4 is 0 Å². The quantitative estimate of drug-likeness (QED) is 0.371. The summed E-state index contributed by atoms with van der Waals surface area (Å²) in [5, 5.41) is 8.48. The number of amides is 1. The maximum atomic E-state index is 9.59. The lowest BCUT2D eigenvalue weighted by atomic mass is 10.6. The molecular weight excluding hydrogens is 94.0 g/mol. The fourth-order valence-electron chi connectivity index (χ4n) is 0.0763. The highest BCUT2D eigenvalue weighted by Gasteiger charge is 1.98. The molecule has 0 heterocycles. The van der Waals surface area contributed by atoms with Crippen LogP contribution in [0.3, 0.4) is 0 Å². The molecule has 1 atom stereocenters. The van der Waals surface area contributed by atoms with E-state index in [4.69, 9.17) is 5.11 Å². The van der Waals surface area contributed by atoms with Gasteiger partial charge in [-0.05, 0) is 6.92 Å². The van der Waals surface area contributed by atoms with Crippen molar-refractivity contribution in [2.75, 3.05) is 7.05 Å². The standard InChI is InChI=1S/C4H8NO2/c1-4(7)5(2)3-6/h4,7H,1-2H3. The Balaban J connectivity index is 3.33. The molecule has 1 N–H and O–H groups in total. The van der Waals surface area contributed by atoms with Gasteiger partial charge < -0.3 is 10.0 Å². The van der Waals surface area contributed by atoms with Crippen molar-refractivity contribution in [3.63, 3.8) is 0 Å². The van der Waals surface area contributed by atoms with E-state index in [1.807, 2.05) is 0 Å². The second-order valence-electron chi connectivity index (χ2n) is 1.33. The molecule has 1 amide bonds. The second kappa shape index (κ2) is 2.58. The van der Waals surface area contributed by atoms with Crippen molar-refractivity contribution in [2.45, 2.75) is 13.2 Å². The molecule has 0 aliphatic rings. The fraction of sp³-hybridized carbons (Fsp3) is 0.750. The van der Waals surface area contributed by atoms with Gasteiger partial charge in [-0.15, -0.1) is 0 Å². The molecule has 0 aromatic carbocycles. The molecule has 0 saturated carbocycles. The molecule has 3 nitrogen and oxygen atoms in total. The zero-order valence-electron chi connectivity index (χ0n) is 4.38. The Morgan fingerprint density at radius 3 is 2.29 bits per heavy atom. The van der Waals surface area contributed by atoms with Crippen molar-refractivity contribution in [1.82, 2.24) is 4.90 Å². The predicted octanol–water partition coefficient (Wildman–Crippen LogP) is -0.676. The molecule has 7 heavy (non-hydrogen) atoms. The van der Waals surface area contributed by atoms with Crippen LogP contribution in [-0.4, -0.2) is 29.7 Å². The Bertz CT molecular complexity index is 62.7. The van der Waals surface area contributed by atoms with Gasteiger partial charge in [-0.3, -0.25) is 4.79 Å². The van der Waals surface area contributed by atoms with Crippen molar-refractivity contribution in [3.05, 3.63) is 0 Å². The summed E-state index contributed by atoms with van der Waals surface area (Å²) in [6, 6.07) is 0. The molecule has 0 bridgehead atoms. The lowest BCUT2D eigenvalue weighted by Gasteiger charge is -2.10. The molecule has 0 saturated heterocycles. The Hall–Kier alpha value is -0.570. The first-order valence-corrected chi connectivity index (χ1v) is 1.97. The largest absolute Gasteiger partial charge is 0.374 e. The third kappa shape index (κ3) is 2.17. The SMILES string of the molecule is CC(O)N(C)[C]=O. The maximum absolute atomic E-state index is 9.59. The van der Waals surface area contributed by atoms with E-state index in [2.05, 4.69) is 0 Å². The lowest BCUT2D eigenvalue weighted by Crippen LogP contribution is -2.26. The minimum Gasteiger partial charge on any atom is -0.374 e. The molecule has 0 fully saturated rings. The van der Waals surface area contributed by atoms with E-state index in [0.29, 0.717) is 0 Å². The van der Waals surface area contributed by atoms with Crippen molar-refractivity contribution in [2.24, 2.45) is 0 Å². The van der Waals surface area contributed by atoms with E-state index in [-0.39, 0.29) is 0 Å². The van der Waals surface area contributed by atoms with Crippen LogP contribution in [0.5, 0.6) is 0 Å². The smallest absolute Gasteiger partial charge is 0.313 e. The van der Waals surface area contributed by atoms with Crippen molar-refractivity contribution in [3.8, 4) is 0 Å². The number of hydrogen-bond acceptors (Lipinski definition) is 2. The summed E-state index contributed by atoms with van der Waals surface area (Å²) in [5.41, 5.74) is 0. The third-order valence-corrected chi connectivity index (χ3v) is 0.704. The molecule has 0 aliphatic carbocycles. The van der Waals surface area contributed by atoms with Crippen molar-refractivity contribution in [1.29, 1.82) is 0 Å². The number of aliphatic hydroxyl groups is 1. The van der Waals surface area contributed by atoms with Gasteiger partial charge in [0.25, 0.3) is 0 Å². The monoisotopic (exact) mass is 102 g/mol. The van der Waals surface area contributed by atoms with Gasteiger partial charge in [-0.25, -0.2) is 0 Å². The molecule has 1 unspecified atom stereocenters. The molecular formula is C4H8NO2. The Morgan fingerprint density at radius 1 is 1.86 bits per heavy atom. The van der Waals surface area contributed by atoms with Crippen LogP contribution in [0.25, 0.3) is 0 Å². The predicted molar refractivity (Wildman–Crippen MR) is 25.1 cm³/mol. The van der Waals surface area contributed by atoms with Crippen molar-refractivity contribution >= 4 is 6.41 Å². The highest BCUT2D eigenvalue weighted by atomic mass is 16.3. The van der Waals surface area contributed by atoms with Gasteiger partial charge >= 0.3 is 6.41 Å². The first-order chi connectivity index (χ1) is 3.18. The van der Waals surface area contributed by atoms with Crippen LogP contribution in [-0.2, 0) is 4.79 Å². The molecule has 1 radical (unpaired) electrons. The van der Waals surface area contributed by atoms with Crippen LogP contribution in [0, 0.1) is 0 Å². The lowest BCUT2D eigenvalue weighted by molar-refractivity contribution is 0.0855. The number of carbonyl (C=O) groups excluding carboxylic acids is 1. The summed E-state index contributed by atoms with van der Waals surface area (Å²) in [4.78, 5) is 10.6. The normalized spacial score (nSPS) is 13.0. The van der Waals surface area contributed by atoms with Gasteiger partial charge in [0.15, 0.2) is 0 Å². The number of nitrogens with zero attached hydrogens (tertiary/aromatic N) is 1. The van der Waals surface area contributed by atoms with E-state index in [1.54, 1.807) is 0 Å². The van der Waals surface area contributed by atoms with Crippen LogP contribution in [0.15, 0.2) is 0 Å². The average molecular weight is 102 g/mol. The van der Waals surface area contributed by atoms with Gasteiger partial charge in [0.2, 0.25) is 0 Å². The minimum absolute atomic E-state index is 0.725. The molecule has 0 aliphatic heterocycles.